The molecule has 0 bridgehead atoms. The third-order valence-electron chi connectivity index (χ3n) is 2.13. The first kappa shape index (κ1) is 13.9. The van der Waals surface area contributed by atoms with Crippen LogP contribution in [0.15, 0.2) is 18.2 Å². The Morgan fingerprint density at radius 3 is 2.53 bits per heavy atom. The molecule has 1 rings (SSSR count). The first-order valence-electron chi connectivity index (χ1n) is 5.04. The van der Waals surface area contributed by atoms with Crippen molar-refractivity contribution in [2.45, 2.75) is 25.7 Å². The summed E-state index contributed by atoms with van der Waals surface area (Å²) in [4.78, 5) is 0. The Hall–Kier alpha value is -1.14. The molecule has 0 saturated carbocycles. The fourth-order valence-corrected chi connectivity index (χ4v) is 1.25. The topological polar surface area (TPSA) is 35.2 Å². The average molecular weight is 251 g/mol. The highest BCUT2D eigenvalue weighted by molar-refractivity contribution is 5.24. The molecule has 0 aliphatic rings. The second-order valence-corrected chi connectivity index (χ2v) is 3.55. The fourth-order valence-electron chi connectivity index (χ4n) is 1.25. The lowest BCUT2D eigenvalue weighted by Gasteiger charge is -2.08. The smallest absolute Gasteiger partial charge is 0.376 e. The summed E-state index contributed by atoms with van der Waals surface area (Å²) in [5, 5.41) is 0. The van der Waals surface area contributed by atoms with Crippen LogP contribution in [0.4, 0.5) is 17.6 Å². The van der Waals surface area contributed by atoms with Crippen molar-refractivity contribution in [3.8, 4) is 0 Å². The maximum Gasteiger partial charge on any atom is 0.391 e. The third kappa shape index (κ3) is 5.14. The van der Waals surface area contributed by atoms with E-state index in [1.165, 1.54) is 18.2 Å². The van der Waals surface area contributed by atoms with E-state index in [0.717, 1.165) is 0 Å². The summed E-state index contributed by atoms with van der Waals surface area (Å²) in [7, 11) is 0. The van der Waals surface area contributed by atoms with E-state index in [1.54, 1.807) is 0 Å². The van der Waals surface area contributed by atoms with Gasteiger partial charge in [-0.2, -0.15) is 13.2 Å². The molecule has 0 heterocycles. The maximum absolute atomic E-state index is 13.0. The Bertz CT molecular complexity index is 365. The van der Waals surface area contributed by atoms with Gasteiger partial charge in [-0.25, -0.2) is 4.39 Å². The van der Waals surface area contributed by atoms with Gasteiger partial charge < -0.3 is 10.5 Å². The van der Waals surface area contributed by atoms with E-state index in [-0.39, 0.29) is 13.2 Å². The number of benzene rings is 1. The normalized spacial score (nSPS) is 11.8. The number of nitrogens with two attached hydrogens (primary N) is 1. The SMILES string of the molecule is NCc1cc(COCCC(F)(F)F)ccc1F. The molecule has 2 nitrogen and oxygen atoms in total. The van der Waals surface area contributed by atoms with Crippen molar-refractivity contribution in [3.63, 3.8) is 0 Å². The summed E-state index contributed by atoms with van der Waals surface area (Å²) in [6.07, 6.45) is -5.21. The number of alkyl halides is 3. The Kier molecular flexibility index (Phi) is 4.89. The van der Waals surface area contributed by atoms with E-state index in [0.29, 0.717) is 11.1 Å². The minimum atomic E-state index is -4.22. The van der Waals surface area contributed by atoms with E-state index < -0.39 is 25.0 Å². The van der Waals surface area contributed by atoms with Gasteiger partial charge in [0.05, 0.1) is 19.6 Å². The quantitative estimate of drug-likeness (QED) is 0.645. The zero-order chi connectivity index (χ0) is 12.9. The summed E-state index contributed by atoms with van der Waals surface area (Å²) < 4.78 is 53.3. The van der Waals surface area contributed by atoms with Gasteiger partial charge >= 0.3 is 6.18 Å². The molecule has 6 heteroatoms. The largest absolute Gasteiger partial charge is 0.391 e. The van der Waals surface area contributed by atoms with Crippen molar-refractivity contribution in [1.29, 1.82) is 0 Å². The van der Waals surface area contributed by atoms with Gasteiger partial charge in [0.1, 0.15) is 5.82 Å². The van der Waals surface area contributed by atoms with Crippen LogP contribution in [0.2, 0.25) is 0 Å². The number of hydrogen-bond donors (Lipinski definition) is 1. The molecule has 0 fully saturated rings. The summed E-state index contributed by atoms with van der Waals surface area (Å²) >= 11 is 0. The molecular weight excluding hydrogens is 238 g/mol. The zero-order valence-corrected chi connectivity index (χ0v) is 9.06. The number of hydrogen-bond acceptors (Lipinski definition) is 2. The molecule has 0 unspecified atom stereocenters. The van der Waals surface area contributed by atoms with Crippen LogP contribution < -0.4 is 5.73 Å². The molecule has 0 amide bonds. The van der Waals surface area contributed by atoms with Crippen LogP contribution in [0.1, 0.15) is 17.5 Å². The van der Waals surface area contributed by atoms with Gasteiger partial charge in [0, 0.05) is 12.1 Å². The lowest BCUT2D eigenvalue weighted by molar-refractivity contribution is -0.146. The number of ether oxygens (including phenoxy) is 1. The molecule has 0 radical (unpaired) electrons. The minimum Gasteiger partial charge on any atom is -0.376 e. The van der Waals surface area contributed by atoms with Crippen molar-refractivity contribution >= 4 is 0 Å². The van der Waals surface area contributed by atoms with Gasteiger partial charge in [0.15, 0.2) is 0 Å². The molecule has 17 heavy (non-hydrogen) atoms. The Balaban J connectivity index is 2.42. The van der Waals surface area contributed by atoms with Crippen LogP contribution in [0, 0.1) is 5.82 Å². The zero-order valence-electron chi connectivity index (χ0n) is 9.06. The average Bonchev–Trinajstić information content (AvgIpc) is 2.25. The third-order valence-corrected chi connectivity index (χ3v) is 2.13. The molecule has 1 aromatic carbocycles. The van der Waals surface area contributed by atoms with Crippen LogP contribution in [-0.2, 0) is 17.9 Å². The standard InChI is InChI=1S/C11H13F4NO/c12-10-2-1-8(5-9(10)6-16)7-17-4-3-11(13,14)15/h1-2,5H,3-4,6-7,16H2. The van der Waals surface area contributed by atoms with E-state index in [1.807, 2.05) is 0 Å². The molecule has 0 aromatic heterocycles. The van der Waals surface area contributed by atoms with Gasteiger partial charge in [-0.05, 0) is 17.7 Å². The number of halogens is 4. The molecule has 0 saturated heterocycles. The van der Waals surface area contributed by atoms with Gasteiger partial charge in [-0.1, -0.05) is 6.07 Å². The predicted octanol–water partition coefficient (Wildman–Crippen LogP) is 2.75. The van der Waals surface area contributed by atoms with Crippen molar-refractivity contribution in [2.24, 2.45) is 5.73 Å². The maximum atomic E-state index is 13.0. The van der Waals surface area contributed by atoms with Crippen molar-refractivity contribution in [3.05, 3.63) is 35.1 Å². The Morgan fingerprint density at radius 2 is 1.94 bits per heavy atom. The van der Waals surface area contributed by atoms with E-state index in [9.17, 15) is 17.6 Å². The van der Waals surface area contributed by atoms with E-state index in [4.69, 9.17) is 10.5 Å². The summed E-state index contributed by atoms with van der Waals surface area (Å²) in [6, 6.07) is 4.18. The molecule has 0 atom stereocenters. The Labute approximate surface area is 96.4 Å². The molecule has 0 spiro atoms. The van der Waals surface area contributed by atoms with Crippen LogP contribution in [-0.4, -0.2) is 12.8 Å². The summed E-state index contributed by atoms with van der Waals surface area (Å²) in [6.45, 7) is -0.343. The van der Waals surface area contributed by atoms with Gasteiger partial charge in [0.2, 0.25) is 0 Å². The Morgan fingerprint density at radius 1 is 1.24 bits per heavy atom. The summed E-state index contributed by atoms with van der Waals surface area (Å²) in [5.41, 5.74) is 6.23. The van der Waals surface area contributed by atoms with Crippen LogP contribution in [0.25, 0.3) is 0 Å². The lowest BCUT2D eigenvalue weighted by atomic mass is 10.1. The molecule has 0 aliphatic heterocycles. The van der Waals surface area contributed by atoms with Gasteiger partial charge in [0.25, 0.3) is 0 Å². The van der Waals surface area contributed by atoms with Crippen molar-refractivity contribution < 1.29 is 22.3 Å². The lowest BCUT2D eigenvalue weighted by Crippen LogP contribution is -2.11. The molecule has 2 N–H and O–H groups in total. The molecule has 0 aliphatic carbocycles. The second kappa shape index (κ2) is 5.97. The van der Waals surface area contributed by atoms with Gasteiger partial charge in [-0.15, -0.1) is 0 Å². The second-order valence-electron chi connectivity index (χ2n) is 3.55. The van der Waals surface area contributed by atoms with Crippen LogP contribution in [0.5, 0.6) is 0 Å². The van der Waals surface area contributed by atoms with Crippen LogP contribution >= 0.6 is 0 Å². The highest BCUT2D eigenvalue weighted by Gasteiger charge is 2.26. The molecular formula is C11H13F4NO. The van der Waals surface area contributed by atoms with Gasteiger partial charge in [-0.3, -0.25) is 0 Å². The highest BCUT2D eigenvalue weighted by Crippen LogP contribution is 2.19. The number of rotatable bonds is 5. The first-order valence-corrected chi connectivity index (χ1v) is 5.04. The molecule has 96 valence electrons. The monoisotopic (exact) mass is 251 g/mol. The predicted molar refractivity (Wildman–Crippen MR) is 54.6 cm³/mol. The highest BCUT2D eigenvalue weighted by atomic mass is 19.4. The summed E-state index contributed by atoms with van der Waals surface area (Å²) in [5.74, 6) is -0.424. The fraction of sp³-hybridized carbons (Fsp3) is 0.455. The first-order chi connectivity index (χ1) is 7.92. The van der Waals surface area contributed by atoms with Crippen LogP contribution in [0.3, 0.4) is 0 Å². The minimum absolute atomic E-state index is 0.0172. The van der Waals surface area contributed by atoms with Crippen molar-refractivity contribution in [2.75, 3.05) is 6.61 Å². The van der Waals surface area contributed by atoms with E-state index >= 15 is 0 Å². The van der Waals surface area contributed by atoms with E-state index in [2.05, 4.69) is 0 Å². The van der Waals surface area contributed by atoms with Crippen molar-refractivity contribution in [1.82, 2.24) is 0 Å². The molecule has 1 aromatic rings.